The van der Waals surface area contributed by atoms with Crippen LogP contribution in [0.2, 0.25) is 0 Å². The quantitative estimate of drug-likeness (QED) is 0.405. The number of hydrogen-bond donors (Lipinski definition) is 0. The molecule has 0 aromatic heterocycles. The summed E-state index contributed by atoms with van der Waals surface area (Å²) in [5.41, 5.74) is 2.53. The van der Waals surface area contributed by atoms with Gasteiger partial charge in [0.1, 0.15) is 12.7 Å². The van der Waals surface area contributed by atoms with Crippen molar-refractivity contribution in [1.29, 1.82) is 0 Å². The van der Waals surface area contributed by atoms with Gasteiger partial charge in [-0.25, -0.2) is 4.79 Å². The summed E-state index contributed by atoms with van der Waals surface area (Å²) in [5, 5.41) is 0. The first kappa shape index (κ1) is 27.8. The second-order valence-electron chi connectivity index (χ2n) is 8.25. The van der Waals surface area contributed by atoms with Gasteiger partial charge in [-0.15, -0.1) is 0 Å². The summed E-state index contributed by atoms with van der Waals surface area (Å²) in [5.74, 6) is -3.76. The van der Waals surface area contributed by atoms with Gasteiger partial charge >= 0.3 is 29.8 Å². The molecule has 35 heavy (non-hydrogen) atoms. The summed E-state index contributed by atoms with van der Waals surface area (Å²) in [4.78, 5) is 60.1. The fourth-order valence-corrected chi connectivity index (χ4v) is 3.95. The molecule has 0 unspecified atom stereocenters. The minimum Gasteiger partial charge on any atom is -0.463 e. The van der Waals surface area contributed by atoms with Crippen LogP contribution in [0.5, 0.6) is 0 Å². The molecule has 1 aromatic rings. The van der Waals surface area contributed by atoms with Crippen molar-refractivity contribution in [2.24, 2.45) is 0 Å². The van der Waals surface area contributed by atoms with E-state index in [0.717, 1.165) is 33.3 Å². The molecule has 1 aliphatic rings. The second-order valence-corrected chi connectivity index (χ2v) is 8.25. The summed E-state index contributed by atoms with van der Waals surface area (Å²) in [7, 11) is 0. The molecule has 1 aromatic carbocycles. The highest BCUT2D eigenvalue weighted by Gasteiger charge is 2.53. The van der Waals surface area contributed by atoms with Gasteiger partial charge in [-0.3, -0.25) is 19.2 Å². The van der Waals surface area contributed by atoms with E-state index in [1.807, 2.05) is 6.92 Å². The van der Waals surface area contributed by atoms with Crippen LogP contribution in [0.1, 0.15) is 54.7 Å². The maximum atomic E-state index is 13.1. The second kappa shape index (κ2) is 11.8. The Labute approximate surface area is 202 Å². The van der Waals surface area contributed by atoms with E-state index in [9.17, 15) is 24.0 Å². The first-order chi connectivity index (χ1) is 16.3. The van der Waals surface area contributed by atoms with E-state index in [-0.39, 0.29) is 5.56 Å². The third-order valence-electron chi connectivity index (χ3n) is 5.05. The zero-order valence-electron chi connectivity index (χ0n) is 20.7. The van der Waals surface area contributed by atoms with Crippen LogP contribution < -0.4 is 0 Å². The van der Waals surface area contributed by atoms with Gasteiger partial charge in [-0.05, 0) is 31.9 Å². The van der Waals surface area contributed by atoms with Crippen LogP contribution in [0.25, 0.3) is 0 Å². The number of aryl methyl sites for hydroxylation is 3. The van der Waals surface area contributed by atoms with Crippen molar-refractivity contribution in [3.8, 4) is 0 Å². The fourth-order valence-electron chi connectivity index (χ4n) is 3.95. The number of carbonyl (C=O) groups is 5. The van der Waals surface area contributed by atoms with Crippen LogP contribution >= 0.6 is 0 Å². The lowest BCUT2D eigenvalue weighted by atomic mass is 9.97. The Hall–Kier alpha value is -3.47. The summed E-state index contributed by atoms with van der Waals surface area (Å²) in [6.07, 6.45) is -7.03. The van der Waals surface area contributed by atoms with Gasteiger partial charge in [0.2, 0.25) is 12.4 Å². The molecule has 0 spiro atoms. The van der Waals surface area contributed by atoms with Gasteiger partial charge in [-0.1, -0.05) is 17.7 Å². The minimum atomic E-state index is -1.58. The van der Waals surface area contributed by atoms with Gasteiger partial charge in [0.15, 0.2) is 12.2 Å². The Morgan fingerprint density at radius 1 is 0.714 bits per heavy atom. The van der Waals surface area contributed by atoms with Gasteiger partial charge < -0.3 is 28.4 Å². The molecule has 192 valence electrons. The summed E-state index contributed by atoms with van der Waals surface area (Å²) >= 11 is 0. The molecule has 0 N–H and O–H groups in total. The predicted molar refractivity (Wildman–Crippen MR) is 118 cm³/mol. The van der Waals surface area contributed by atoms with Crippen LogP contribution in [0, 0.1) is 20.8 Å². The molecule has 0 amide bonds. The Morgan fingerprint density at radius 2 is 1.20 bits per heavy atom. The molecular formula is C24H30O11. The molecule has 0 bridgehead atoms. The van der Waals surface area contributed by atoms with Crippen molar-refractivity contribution in [1.82, 2.24) is 0 Å². The van der Waals surface area contributed by atoms with Gasteiger partial charge in [0, 0.05) is 27.7 Å². The first-order valence-electron chi connectivity index (χ1n) is 10.9. The first-order valence-corrected chi connectivity index (χ1v) is 10.9. The number of ether oxygens (including phenoxy) is 6. The van der Waals surface area contributed by atoms with Crippen LogP contribution in [0.4, 0.5) is 0 Å². The SMILES string of the molecule is CC(=O)OC[C@@H]1O[C@H](OC(=O)c2c(C)cc(C)cc2C)[C@@H](OC(C)=O)[C@H](OC(C)=O)[C@@H]1OC(C)=O. The Bertz CT molecular complexity index is 976. The summed E-state index contributed by atoms with van der Waals surface area (Å²) in [6.45, 7) is 9.42. The average Bonchev–Trinajstić information content (AvgIpc) is 2.69. The number of benzene rings is 1. The van der Waals surface area contributed by atoms with E-state index < -0.39 is 67.2 Å². The minimum absolute atomic E-state index is 0.281. The molecule has 1 aliphatic heterocycles. The molecule has 2 rings (SSSR count). The summed E-state index contributed by atoms with van der Waals surface area (Å²) < 4.78 is 32.3. The maximum absolute atomic E-state index is 13.1. The lowest BCUT2D eigenvalue weighted by Crippen LogP contribution is -2.63. The van der Waals surface area contributed by atoms with E-state index in [1.165, 1.54) is 0 Å². The smallest absolute Gasteiger partial charge is 0.341 e. The van der Waals surface area contributed by atoms with E-state index in [1.54, 1.807) is 26.0 Å². The van der Waals surface area contributed by atoms with E-state index in [4.69, 9.17) is 28.4 Å². The number of rotatable bonds is 7. The number of carbonyl (C=O) groups excluding carboxylic acids is 5. The Morgan fingerprint density at radius 3 is 1.69 bits per heavy atom. The average molecular weight is 494 g/mol. The molecule has 1 heterocycles. The normalized spacial score (nSPS) is 23.6. The van der Waals surface area contributed by atoms with Crippen molar-refractivity contribution >= 4 is 29.8 Å². The predicted octanol–water partition coefficient (Wildman–Crippen LogP) is 1.85. The van der Waals surface area contributed by atoms with Gasteiger partial charge in [-0.2, -0.15) is 0 Å². The maximum Gasteiger partial charge on any atom is 0.341 e. The molecule has 1 fully saturated rings. The van der Waals surface area contributed by atoms with E-state index in [2.05, 4.69) is 0 Å². The Balaban J connectivity index is 2.50. The van der Waals surface area contributed by atoms with Gasteiger partial charge in [0.25, 0.3) is 0 Å². The van der Waals surface area contributed by atoms with E-state index >= 15 is 0 Å². The fraction of sp³-hybridized carbons (Fsp3) is 0.542. The van der Waals surface area contributed by atoms with Crippen LogP contribution in [-0.4, -0.2) is 67.2 Å². The third-order valence-corrected chi connectivity index (χ3v) is 5.05. The third kappa shape index (κ3) is 7.51. The number of esters is 5. The zero-order chi connectivity index (χ0) is 26.4. The van der Waals surface area contributed by atoms with Gasteiger partial charge in [0.05, 0.1) is 5.56 Å². The molecular weight excluding hydrogens is 464 g/mol. The summed E-state index contributed by atoms with van der Waals surface area (Å²) in [6, 6.07) is 3.60. The van der Waals surface area contributed by atoms with Crippen LogP contribution in [0.15, 0.2) is 12.1 Å². The highest BCUT2D eigenvalue weighted by atomic mass is 16.7. The molecule has 1 saturated heterocycles. The zero-order valence-corrected chi connectivity index (χ0v) is 20.7. The van der Waals surface area contributed by atoms with Crippen molar-refractivity contribution < 1.29 is 52.4 Å². The van der Waals surface area contributed by atoms with Crippen LogP contribution in [-0.2, 0) is 47.6 Å². The van der Waals surface area contributed by atoms with Crippen molar-refractivity contribution in [2.75, 3.05) is 6.61 Å². The van der Waals surface area contributed by atoms with Crippen molar-refractivity contribution in [3.05, 3.63) is 34.4 Å². The molecule has 0 radical (unpaired) electrons. The molecule has 11 nitrogen and oxygen atoms in total. The van der Waals surface area contributed by atoms with Crippen molar-refractivity contribution in [2.45, 2.75) is 79.2 Å². The monoisotopic (exact) mass is 494 g/mol. The highest BCUT2D eigenvalue weighted by Crippen LogP contribution is 2.31. The lowest BCUT2D eigenvalue weighted by molar-refractivity contribution is -0.294. The van der Waals surface area contributed by atoms with E-state index in [0.29, 0.717) is 11.1 Å². The molecule has 0 saturated carbocycles. The molecule has 0 aliphatic carbocycles. The lowest BCUT2D eigenvalue weighted by Gasteiger charge is -2.43. The Kier molecular flexibility index (Phi) is 9.35. The molecule has 11 heteroatoms. The van der Waals surface area contributed by atoms with Crippen molar-refractivity contribution in [3.63, 3.8) is 0 Å². The number of hydrogen-bond acceptors (Lipinski definition) is 11. The largest absolute Gasteiger partial charge is 0.463 e. The molecule has 5 atom stereocenters. The highest BCUT2D eigenvalue weighted by molar-refractivity contribution is 5.93. The topological polar surface area (TPSA) is 141 Å². The standard InChI is InChI=1S/C24H30O11/c1-11-8-12(2)19(13(3)9-11)23(29)35-24-22(33-17(7)28)21(32-16(6)27)20(31-15(5)26)18(34-24)10-30-14(4)25/h8-9,18,20-22,24H,10H2,1-7H3/t18-,20+,21+,22-,24+/m0/s1. The van der Waals surface area contributed by atoms with Crippen LogP contribution in [0.3, 0.4) is 0 Å².